The van der Waals surface area contributed by atoms with Crippen molar-refractivity contribution in [3.63, 3.8) is 0 Å². The molecule has 0 atom stereocenters. The molecule has 3 rings (SSSR count). The van der Waals surface area contributed by atoms with Crippen LogP contribution in [0.25, 0.3) is 0 Å². The Labute approximate surface area is 116 Å². The molecule has 1 aliphatic heterocycles. The van der Waals surface area contributed by atoms with Crippen LogP contribution in [0.2, 0.25) is 0 Å². The van der Waals surface area contributed by atoms with Gasteiger partial charge in [-0.25, -0.2) is 22.0 Å². The number of rotatable bonds is 2. The minimum absolute atomic E-state index is 0.0259. The summed E-state index contributed by atoms with van der Waals surface area (Å²) in [7, 11) is 0. The van der Waals surface area contributed by atoms with E-state index in [2.05, 4.69) is 0 Å². The van der Waals surface area contributed by atoms with Gasteiger partial charge in [0.1, 0.15) is 11.2 Å². The zero-order valence-corrected chi connectivity index (χ0v) is 10.6. The smallest absolute Gasteiger partial charge is 0.260 e. The Kier molecular flexibility index (Phi) is 2.98. The van der Waals surface area contributed by atoms with Crippen molar-refractivity contribution in [2.24, 2.45) is 5.92 Å². The van der Waals surface area contributed by atoms with Crippen LogP contribution in [0.5, 0.6) is 0 Å². The van der Waals surface area contributed by atoms with E-state index in [-0.39, 0.29) is 19.0 Å². The fourth-order valence-electron chi connectivity index (χ4n) is 2.59. The number of amides is 1. The van der Waals surface area contributed by atoms with Crippen molar-refractivity contribution in [1.82, 2.24) is 4.90 Å². The Balaban J connectivity index is 1.89. The van der Waals surface area contributed by atoms with Crippen molar-refractivity contribution < 1.29 is 31.9 Å². The van der Waals surface area contributed by atoms with E-state index in [1.165, 1.54) is 0 Å². The molecule has 0 radical (unpaired) electrons. The lowest BCUT2D eigenvalue weighted by Gasteiger charge is -2.47. The molecule has 0 aromatic heterocycles. The molecule has 1 N–H and O–H groups in total. The average Bonchev–Trinajstić information content (AvgIpc) is 3.24. The van der Waals surface area contributed by atoms with Gasteiger partial charge in [-0.3, -0.25) is 4.79 Å². The van der Waals surface area contributed by atoms with Crippen LogP contribution in [0.1, 0.15) is 23.2 Å². The van der Waals surface area contributed by atoms with Gasteiger partial charge in [0.25, 0.3) is 5.91 Å². The van der Waals surface area contributed by atoms with Crippen LogP contribution >= 0.6 is 0 Å². The Bertz CT molecular complexity index is 609. The molecule has 1 amide bonds. The van der Waals surface area contributed by atoms with Crippen molar-refractivity contribution in [2.75, 3.05) is 13.1 Å². The zero-order valence-electron chi connectivity index (χ0n) is 10.6. The van der Waals surface area contributed by atoms with Crippen molar-refractivity contribution >= 4 is 5.91 Å². The highest BCUT2D eigenvalue weighted by atomic mass is 19.2. The first-order valence-electron chi connectivity index (χ1n) is 6.29. The third-order valence-electron chi connectivity index (χ3n) is 3.98. The van der Waals surface area contributed by atoms with Gasteiger partial charge in [-0.05, 0) is 18.8 Å². The minimum atomic E-state index is -2.31. The van der Waals surface area contributed by atoms with E-state index < -0.39 is 46.2 Å². The largest absolute Gasteiger partial charge is 0.386 e. The van der Waals surface area contributed by atoms with Gasteiger partial charge in [0, 0.05) is 0 Å². The van der Waals surface area contributed by atoms with Crippen LogP contribution in [0.4, 0.5) is 22.0 Å². The van der Waals surface area contributed by atoms with E-state index in [1.807, 2.05) is 0 Å². The van der Waals surface area contributed by atoms with Crippen molar-refractivity contribution in [2.45, 2.75) is 18.4 Å². The number of hydrogen-bond donors (Lipinski definition) is 1. The SMILES string of the molecule is O=C(c1c(F)c(F)c(F)c(F)c1F)N1CC(O)(C2CC2)C1. The molecular weight excluding hydrogens is 297 g/mol. The quantitative estimate of drug-likeness (QED) is 0.516. The lowest BCUT2D eigenvalue weighted by Crippen LogP contribution is -2.64. The van der Waals surface area contributed by atoms with Crippen LogP contribution in [-0.4, -0.2) is 34.6 Å². The van der Waals surface area contributed by atoms with E-state index in [4.69, 9.17) is 0 Å². The van der Waals surface area contributed by atoms with Gasteiger partial charge in [-0.15, -0.1) is 0 Å². The van der Waals surface area contributed by atoms with E-state index in [1.54, 1.807) is 0 Å². The summed E-state index contributed by atoms with van der Waals surface area (Å²) in [5, 5.41) is 10.0. The molecule has 3 nitrogen and oxygen atoms in total. The molecule has 1 aromatic rings. The van der Waals surface area contributed by atoms with Gasteiger partial charge in [0.15, 0.2) is 23.3 Å². The van der Waals surface area contributed by atoms with Crippen LogP contribution in [0, 0.1) is 35.0 Å². The van der Waals surface area contributed by atoms with Gasteiger partial charge in [0.05, 0.1) is 13.1 Å². The van der Waals surface area contributed by atoms with Gasteiger partial charge in [0.2, 0.25) is 5.82 Å². The second-order valence-corrected chi connectivity index (χ2v) is 5.48. The standard InChI is InChI=1S/C13H10F5NO2/c14-7-6(8(15)10(17)11(18)9(7)16)12(20)19-3-13(21,4-19)5-1-2-5/h5,21H,1-4H2. The molecule has 1 saturated heterocycles. The van der Waals surface area contributed by atoms with E-state index >= 15 is 0 Å². The number of carbonyl (C=O) groups excluding carboxylic acids is 1. The number of halogens is 5. The molecule has 1 aliphatic carbocycles. The average molecular weight is 307 g/mol. The summed E-state index contributed by atoms with van der Waals surface area (Å²) in [5.41, 5.74) is -2.59. The number of carbonyl (C=O) groups is 1. The number of aliphatic hydroxyl groups is 1. The summed E-state index contributed by atoms with van der Waals surface area (Å²) in [5.74, 6) is -12.2. The molecule has 0 bridgehead atoms. The van der Waals surface area contributed by atoms with Crippen LogP contribution in [0.3, 0.4) is 0 Å². The minimum Gasteiger partial charge on any atom is -0.386 e. The number of likely N-dealkylation sites (tertiary alicyclic amines) is 1. The van der Waals surface area contributed by atoms with Crippen LogP contribution < -0.4 is 0 Å². The van der Waals surface area contributed by atoms with Crippen LogP contribution in [-0.2, 0) is 0 Å². The maximum Gasteiger partial charge on any atom is 0.260 e. The highest BCUT2D eigenvalue weighted by Gasteiger charge is 2.54. The zero-order chi connectivity index (χ0) is 15.5. The number of nitrogens with zero attached hydrogens (tertiary/aromatic N) is 1. The summed E-state index contributed by atoms with van der Waals surface area (Å²) in [6, 6.07) is 0. The summed E-state index contributed by atoms with van der Waals surface area (Å²) >= 11 is 0. The van der Waals surface area contributed by atoms with Gasteiger partial charge in [-0.1, -0.05) is 0 Å². The molecule has 1 heterocycles. The molecule has 114 valence electrons. The molecule has 0 unspecified atom stereocenters. The maximum atomic E-state index is 13.5. The summed E-state index contributed by atoms with van der Waals surface area (Å²) < 4.78 is 66.0. The monoisotopic (exact) mass is 307 g/mol. The Morgan fingerprint density at radius 1 is 0.952 bits per heavy atom. The number of β-amino-alcohol motifs (C(OH)–C–C–N with tert-alkyl or cyclic N) is 1. The summed E-state index contributed by atoms with van der Waals surface area (Å²) in [6.07, 6.45) is 1.59. The summed E-state index contributed by atoms with van der Waals surface area (Å²) in [4.78, 5) is 12.8. The first-order valence-corrected chi connectivity index (χ1v) is 6.29. The molecule has 1 aromatic carbocycles. The molecule has 2 fully saturated rings. The molecule has 0 spiro atoms. The highest BCUT2D eigenvalue weighted by molar-refractivity contribution is 5.95. The van der Waals surface area contributed by atoms with Gasteiger partial charge < -0.3 is 10.0 Å². The number of hydrogen-bond acceptors (Lipinski definition) is 2. The predicted molar refractivity (Wildman–Crippen MR) is 59.8 cm³/mol. The normalized spacial score (nSPS) is 20.4. The molecule has 1 saturated carbocycles. The van der Waals surface area contributed by atoms with Crippen LogP contribution in [0.15, 0.2) is 0 Å². The van der Waals surface area contributed by atoms with Crippen molar-refractivity contribution in [3.05, 3.63) is 34.6 Å². The van der Waals surface area contributed by atoms with Gasteiger partial charge in [-0.2, -0.15) is 0 Å². The fourth-order valence-corrected chi connectivity index (χ4v) is 2.59. The second-order valence-electron chi connectivity index (χ2n) is 5.48. The third-order valence-corrected chi connectivity index (χ3v) is 3.98. The van der Waals surface area contributed by atoms with E-state index in [0.717, 1.165) is 17.7 Å². The second kappa shape index (κ2) is 4.40. The molecule has 21 heavy (non-hydrogen) atoms. The Hall–Kier alpha value is -1.70. The highest BCUT2D eigenvalue weighted by Crippen LogP contribution is 2.45. The third kappa shape index (κ3) is 2.00. The van der Waals surface area contributed by atoms with Gasteiger partial charge >= 0.3 is 0 Å². The van der Waals surface area contributed by atoms with E-state index in [9.17, 15) is 31.9 Å². The summed E-state index contributed by atoms with van der Waals surface area (Å²) in [6.45, 7) is -0.341. The molecule has 8 heteroatoms. The lowest BCUT2D eigenvalue weighted by atomic mass is 9.88. The topological polar surface area (TPSA) is 40.5 Å². The predicted octanol–water partition coefficient (Wildman–Crippen LogP) is 1.98. The first-order chi connectivity index (χ1) is 9.76. The van der Waals surface area contributed by atoms with E-state index in [0.29, 0.717) is 0 Å². The Morgan fingerprint density at radius 3 is 1.81 bits per heavy atom. The maximum absolute atomic E-state index is 13.5. The molecule has 2 aliphatic rings. The Morgan fingerprint density at radius 2 is 1.38 bits per heavy atom. The fraction of sp³-hybridized carbons (Fsp3) is 0.462. The van der Waals surface area contributed by atoms with Crippen molar-refractivity contribution in [1.29, 1.82) is 0 Å². The van der Waals surface area contributed by atoms with Crippen molar-refractivity contribution in [3.8, 4) is 0 Å². The molecular formula is C13H10F5NO2. The first kappa shape index (κ1) is 14.2. The number of benzene rings is 1. The lowest BCUT2D eigenvalue weighted by molar-refractivity contribution is -0.0960.